The highest BCUT2D eigenvalue weighted by atomic mass is 16.5. The van der Waals surface area contributed by atoms with Gasteiger partial charge in [-0.3, -0.25) is 0 Å². The Morgan fingerprint density at radius 2 is 2.00 bits per heavy atom. The number of nitrogens with two attached hydrogens (primary N) is 2. The first-order valence-electron chi connectivity index (χ1n) is 5.07. The average molecular weight is 250 g/mol. The molecule has 96 valence electrons. The smallest absolute Gasteiger partial charge is 0.336 e. The topological polar surface area (TPSA) is 116 Å². The number of nitrogen functional groups attached to an aromatic ring is 2. The summed E-state index contributed by atoms with van der Waals surface area (Å²) in [6.45, 7) is 4.65. The first-order valence-corrected chi connectivity index (χ1v) is 5.07. The van der Waals surface area contributed by atoms with Crippen LogP contribution in [-0.4, -0.2) is 17.0 Å². The summed E-state index contributed by atoms with van der Waals surface area (Å²) in [5.74, 6) is -1.78. The minimum atomic E-state index is -1.16. The van der Waals surface area contributed by atoms with Gasteiger partial charge in [-0.25, -0.2) is 9.59 Å². The van der Waals surface area contributed by atoms with Gasteiger partial charge >= 0.3 is 11.9 Å². The molecule has 18 heavy (non-hydrogen) atoms. The summed E-state index contributed by atoms with van der Waals surface area (Å²) in [7, 11) is 0. The summed E-state index contributed by atoms with van der Waals surface area (Å²) in [5, 5.41) is 9.00. The van der Waals surface area contributed by atoms with E-state index in [1.165, 1.54) is 19.1 Å². The van der Waals surface area contributed by atoms with Crippen LogP contribution >= 0.6 is 0 Å². The van der Waals surface area contributed by atoms with Crippen LogP contribution in [0.15, 0.2) is 24.3 Å². The lowest BCUT2D eigenvalue weighted by atomic mass is 10.0. The Morgan fingerprint density at radius 3 is 2.50 bits per heavy atom. The number of carboxylic acids is 1. The standard InChI is InChI=1S/C12H14N2O4/c1-6(2)12(17)18-5-8-7(11(15)16)3-4-9(13)10(8)14/h3-4H,1,5,13-14H2,2H3,(H,15,16). The second kappa shape index (κ2) is 5.22. The van der Waals surface area contributed by atoms with Gasteiger partial charge in [0.1, 0.15) is 6.61 Å². The number of aromatic carboxylic acids is 1. The molecule has 0 spiro atoms. The SMILES string of the molecule is C=C(C)C(=O)OCc1c(C(=O)O)ccc(N)c1N. The fraction of sp³-hybridized carbons (Fsp3) is 0.167. The second-order valence-corrected chi connectivity index (χ2v) is 3.76. The Kier molecular flexibility index (Phi) is 3.93. The molecule has 0 saturated carbocycles. The van der Waals surface area contributed by atoms with Crippen LogP contribution in [0.3, 0.4) is 0 Å². The maximum atomic E-state index is 11.3. The van der Waals surface area contributed by atoms with Crippen molar-refractivity contribution in [3.8, 4) is 0 Å². The molecule has 1 aromatic carbocycles. The van der Waals surface area contributed by atoms with Crippen LogP contribution < -0.4 is 11.5 Å². The number of esters is 1. The van der Waals surface area contributed by atoms with Gasteiger partial charge in [0, 0.05) is 11.1 Å². The number of carboxylic acid groups (broad SMARTS) is 1. The minimum absolute atomic E-state index is 0.0452. The Hall–Kier alpha value is -2.50. The normalized spacial score (nSPS) is 9.83. The van der Waals surface area contributed by atoms with Crippen molar-refractivity contribution >= 4 is 23.3 Å². The van der Waals surface area contributed by atoms with Crippen molar-refractivity contribution in [2.24, 2.45) is 0 Å². The average Bonchev–Trinajstić information content (AvgIpc) is 2.29. The molecule has 0 saturated heterocycles. The van der Waals surface area contributed by atoms with E-state index in [9.17, 15) is 9.59 Å². The third kappa shape index (κ3) is 2.79. The molecule has 5 N–H and O–H groups in total. The molecule has 1 aromatic rings. The molecule has 0 bridgehead atoms. The van der Waals surface area contributed by atoms with Gasteiger partial charge in [-0.05, 0) is 19.1 Å². The minimum Gasteiger partial charge on any atom is -0.478 e. The molecule has 6 heteroatoms. The van der Waals surface area contributed by atoms with Crippen molar-refractivity contribution in [2.75, 3.05) is 11.5 Å². The monoisotopic (exact) mass is 250 g/mol. The van der Waals surface area contributed by atoms with Gasteiger partial charge < -0.3 is 21.3 Å². The summed E-state index contributed by atoms with van der Waals surface area (Å²) >= 11 is 0. The van der Waals surface area contributed by atoms with E-state index in [0.717, 1.165) is 0 Å². The quantitative estimate of drug-likeness (QED) is 0.419. The lowest BCUT2D eigenvalue weighted by Crippen LogP contribution is -2.12. The molecule has 0 heterocycles. The third-order valence-corrected chi connectivity index (χ3v) is 2.32. The molecule has 0 atom stereocenters. The van der Waals surface area contributed by atoms with Crippen LogP contribution in [0.1, 0.15) is 22.8 Å². The van der Waals surface area contributed by atoms with E-state index in [0.29, 0.717) is 0 Å². The summed E-state index contributed by atoms with van der Waals surface area (Å²) < 4.78 is 4.88. The summed E-state index contributed by atoms with van der Waals surface area (Å²) in [6.07, 6.45) is 0. The molecule has 1 rings (SSSR count). The second-order valence-electron chi connectivity index (χ2n) is 3.76. The maximum Gasteiger partial charge on any atom is 0.336 e. The van der Waals surface area contributed by atoms with Crippen LogP contribution in [0, 0.1) is 0 Å². The molecule has 6 nitrogen and oxygen atoms in total. The van der Waals surface area contributed by atoms with Crippen LogP contribution in [0.2, 0.25) is 0 Å². The highest BCUT2D eigenvalue weighted by Gasteiger charge is 2.16. The van der Waals surface area contributed by atoms with Gasteiger partial charge in [-0.2, -0.15) is 0 Å². The van der Waals surface area contributed by atoms with Gasteiger partial charge in [-0.1, -0.05) is 6.58 Å². The van der Waals surface area contributed by atoms with Crippen molar-refractivity contribution in [1.29, 1.82) is 0 Å². The summed E-state index contributed by atoms with van der Waals surface area (Å²) in [5.41, 5.74) is 11.9. The molecule has 0 radical (unpaired) electrons. The number of carbonyl (C=O) groups is 2. The van der Waals surface area contributed by atoms with Crippen molar-refractivity contribution in [3.05, 3.63) is 35.4 Å². The van der Waals surface area contributed by atoms with Crippen LogP contribution in [0.25, 0.3) is 0 Å². The number of carbonyl (C=O) groups excluding carboxylic acids is 1. The predicted molar refractivity (Wildman–Crippen MR) is 66.8 cm³/mol. The molecule has 0 fully saturated rings. The van der Waals surface area contributed by atoms with Crippen molar-refractivity contribution in [2.45, 2.75) is 13.5 Å². The van der Waals surface area contributed by atoms with E-state index in [4.69, 9.17) is 21.3 Å². The Labute approximate surface area is 104 Å². The largest absolute Gasteiger partial charge is 0.478 e. The van der Waals surface area contributed by atoms with Gasteiger partial charge in [-0.15, -0.1) is 0 Å². The van der Waals surface area contributed by atoms with Crippen LogP contribution in [0.4, 0.5) is 11.4 Å². The van der Waals surface area contributed by atoms with E-state index in [1.807, 2.05) is 0 Å². The molecule has 0 aliphatic carbocycles. The first kappa shape index (κ1) is 13.6. The number of hydrogen-bond donors (Lipinski definition) is 3. The number of ether oxygens (including phenoxy) is 1. The Morgan fingerprint density at radius 1 is 1.39 bits per heavy atom. The van der Waals surface area contributed by atoms with E-state index < -0.39 is 11.9 Å². The highest BCUT2D eigenvalue weighted by molar-refractivity contribution is 5.93. The van der Waals surface area contributed by atoms with E-state index >= 15 is 0 Å². The lowest BCUT2D eigenvalue weighted by molar-refractivity contribution is -0.140. The van der Waals surface area contributed by atoms with Crippen molar-refractivity contribution in [3.63, 3.8) is 0 Å². The maximum absolute atomic E-state index is 11.3. The number of anilines is 2. The highest BCUT2D eigenvalue weighted by Crippen LogP contribution is 2.25. The number of rotatable bonds is 4. The van der Waals surface area contributed by atoms with Gasteiger partial charge in [0.25, 0.3) is 0 Å². The van der Waals surface area contributed by atoms with Crippen LogP contribution in [-0.2, 0) is 16.1 Å². The van der Waals surface area contributed by atoms with Crippen molar-refractivity contribution in [1.82, 2.24) is 0 Å². The number of benzene rings is 1. The Bertz CT molecular complexity index is 523. The lowest BCUT2D eigenvalue weighted by Gasteiger charge is -2.12. The fourth-order valence-corrected chi connectivity index (χ4v) is 1.30. The summed E-state index contributed by atoms with van der Waals surface area (Å²) in [4.78, 5) is 22.3. The number of hydrogen-bond acceptors (Lipinski definition) is 5. The third-order valence-electron chi connectivity index (χ3n) is 2.32. The summed E-state index contributed by atoms with van der Waals surface area (Å²) in [6, 6.07) is 2.71. The molecule has 0 aliphatic heterocycles. The van der Waals surface area contributed by atoms with Gasteiger partial charge in [0.2, 0.25) is 0 Å². The molecule has 0 aliphatic rings. The van der Waals surface area contributed by atoms with Gasteiger partial charge in [0.05, 0.1) is 16.9 Å². The zero-order valence-electron chi connectivity index (χ0n) is 9.90. The molecule has 0 aromatic heterocycles. The molecule has 0 unspecified atom stereocenters. The molecular weight excluding hydrogens is 236 g/mol. The predicted octanol–water partition coefficient (Wildman–Crippen LogP) is 1.17. The zero-order chi connectivity index (χ0) is 13.9. The molecule has 0 amide bonds. The van der Waals surface area contributed by atoms with Crippen LogP contribution in [0.5, 0.6) is 0 Å². The zero-order valence-corrected chi connectivity index (χ0v) is 9.90. The fourth-order valence-electron chi connectivity index (χ4n) is 1.30. The van der Waals surface area contributed by atoms with E-state index in [-0.39, 0.29) is 34.7 Å². The van der Waals surface area contributed by atoms with Crippen molar-refractivity contribution < 1.29 is 19.4 Å². The van der Waals surface area contributed by atoms with E-state index in [2.05, 4.69) is 6.58 Å². The Balaban J connectivity index is 3.06. The molecular formula is C12H14N2O4. The van der Waals surface area contributed by atoms with Gasteiger partial charge in [0.15, 0.2) is 0 Å². The van der Waals surface area contributed by atoms with E-state index in [1.54, 1.807) is 0 Å². The first-order chi connectivity index (χ1) is 8.34.